The minimum atomic E-state index is -1.31. The molecule has 0 bridgehead atoms. The lowest BCUT2D eigenvalue weighted by atomic mass is 10.1. The van der Waals surface area contributed by atoms with Gasteiger partial charge in [0.05, 0.1) is 7.11 Å². The maximum atomic E-state index is 12.8. The van der Waals surface area contributed by atoms with Crippen LogP contribution in [0.4, 0.5) is 5.69 Å². The van der Waals surface area contributed by atoms with Crippen LogP contribution >= 0.6 is 22.9 Å². The van der Waals surface area contributed by atoms with Gasteiger partial charge in [-0.3, -0.25) is 4.79 Å². The Morgan fingerprint density at radius 2 is 2.07 bits per heavy atom. The fourth-order valence-corrected chi connectivity index (χ4v) is 4.55. The first-order chi connectivity index (χ1) is 14.5. The van der Waals surface area contributed by atoms with Crippen LogP contribution in [0.25, 0.3) is 10.2 Å². The third-order valence-electron chi connectivity index (χ3n) is 4.96. The largest absolute Gasteiger partial charge is 0.481 e. The zero-order chi connectivity index (χ0) is 21.3. The first kappa shape index (κ1) is 20.4. The van der Waals surface area contributed by atoms with Gasteiger partial charge in [-0.05, 0) is 42.1 Å². The maximum Gasteiger partial charge on any atom is 0.257 e. The van der Waals surface area contributed by atoms with E-state index in [0.717, 1.165) is 21.5 Å². The Labute approximate surface area is 182 Å². The molecule has 3 aromatic heterocycles. The number of methoxy groups -OCH3 is 1. The van der Waals surface area contributed by atoms with Crippen molar-refractivity contribution in [3.63, 3.8) is 0 Å². The van der Waals surface area contributed by atoms with Crippen molar-refractivity contribution in [1.29, 1.82) is 0 Å². The highest BCUT2D eigenvalue weighted by atomic mass is 35.5. The lowest BCUT2D eigenvalue weighted by molar-refractivity contribution is -0.124. The molecule has 1 amide bonds. The number of hydrogen-bond acceptors (Lipinski definition) is 5. The standard InChI is InChI=1S/C22H20ClN3O3S/c1-13-19(20(27)21(28)25-16-7-9-24-18(11-16)29-2)17-8-10-30-22(17)26(13)12-14-3-5-15(23)6-4-14/h3-11,20,27H,12H2,1-2H3,(H,24,25,28). The summed E-state index contributed by atoms with van der Waals surface area (Å²) in [7, 11) is 1.50. The van der Waals surface area contributed by atoms with Crippen molar-refractivity contribution in [2.45, 2.75) is 19.6 Å². The molecule has 4 aromatic rings. The van der Waals surface area contributed by atoms with E-state index >= 15 is 0 Å². The van der Waals surface area contributed by atoms with Crippen LogP contribution in [0.1, 0.15) is 22.9 Å². The molecule has 1 unspecified atom stereocenters. The fourth-order valence-electron chi connectivity index (χ4n) is 3.46. The number of ether oxygens (including phenoxy) is 1. The monoisotopic (exact) mass is 441 g/mol. The van der Waals surface area contributed by atoms with Crippen LogP contribution in [0.3, 0.4) is 0 Å². The van der Waals surface area contributed by atoms with E-state index in [9.17, 15) is 9.90 Å². The van der Waals surface area contributed by atoms with Gasteiger partial charge in [-0.15, -0.1) is 11.3 Å². The summed E-state index contributed by atoms with van der Waals surface area (Å²) in [5.41, 5.74) is 3.05. The van der Waals surface area contributed by atoms with Crippen LogP contribution in [-0.4, -0.2) is 27.7 Å². The zero-order valence-corrected chi connectivity index (χ0v) is 18.0. The molecule has 4 rings (SSSR count). The van der Waals surface area contributed by atoms with E-state index in [-0.39, 0.29) is 0 Å². The van der Waals surface area contributed by atoms with Crippen LogP contribution < -0.4 is 10.1 Å². The van der Waals surface area contributed by atoms with E-state index < -0.39 is 12.0 Å². The highest BCUT2D eigenvalue weighted by molar-refractivity contribution is 7.16. The number of amides is 1. The summed E-state index contributed by atoms with van der Waals surface area (Å²) >= 11 is 7.57. The molecule has 8 heteroatoms. The minimum Gasteiger partial charge on any atom is -0.481 e. The van der Waals surface area contributed by atoms with Crippen LogP contribution in [0.5, 0.6) is 5.88 Å². The maximum absolute atomic E-state index is 12.8. The van der Waals surface area contributed by atoms with Crippen molar-refractivity contribution in [3.05, 3.63) is 75.9 Å². The molecule has 0 saturated heterocycles. The number of nitrogens with one attached hydrogen (secondary N) is 1. The van der Waals surface area contributed by atoms with Crippen molar-refractivity contribution >= 4 is 44.7 Å². The van der Waals surface area contributed by atoms with Crippen molar-refractivity contribution in [2.24, 2.45) is 0 Å². The molecule has 2 N–H and O–H groups in total. The zero-order valence-electron chi connectivity index (χ0n) is 16.4. The van der Waals surface area contributed by atoms with E-state index in [0.29, 0.717) is 28.7 Å². The average Bonchev–Trinajstić information content (AvgIpc) is 3.31. The number of aliphatic hydroxyl groups is 1. The molecule has 0 fully saturated rings. The Kier molecular flexibility index (Phi) is 5.76. The van der Waals surface area contributed by atoms with Gasteiger partial charge in [0.2, 0.25) is 5.88 Å². The molecule has 0 spiro atoms. The predicted octanol–water partition coefficient (Wildman–Crippen LogP) is 4.79. The Morgan fingerprint density at radius 1 is 1.30 bits per heavy atom. The van der Waals surface area contributed by atoms with Crippen LogP contribution in [-0.2, 0) is 11.3 Å². The van der Waals surface area contributed by atoms with Crippen LogP contribution in [0, 0.1) is 6.92 Å². The van der Waals surface area contributed by atoms with Crippen molar-refractivity contribution in [1.82, 2.24) is 9.55 Å². The molecule has 6 nitrogen and oxygen atoms in total. The van der Waals surface area contributed by atoms with Crippen molar-refractivity contribution < 1.29 is 14.6 Å². The summed E-state index contributed by atoms with van der Waals surface area (Å²) < 4.78 is 7.20. The second-order valence-corrected chi connectivity index (χ2v) is 8.16. The predicted molar refractivity (Wildman–Crippen MR) is 119 cm³/mol. The van der Waals surface area contributed by atoms with Crippen molar-refractivity contribution in [3.8, 4) is 5.88 Å². The molecule has 154 valence electrons. The fraction of sp³-hybridized carbons (Fsp3) is 0.182. The number of thiophene rings is 1. The number of halogens is 1. The summed E-state index contributed by atoms with van der Waals surface area (Å²) in [6.45, 7) is 2.54. The number of pyridine rings is 1. The van der Waals surface area contributed by atoms with Gasteiger partial charge in [0.15, 0.2) is 6.10 Å². The number of carbonyl (C=O) groups excluding carboxylic acids is 1. The number of fused-ring (bicyclic) bond motifs is 1. The highest BCUT2D eigenvalue weighted by Gasteiger charge is 2.26. The molecule has 1 atom stereocenters. The Hall–Kier alpha value is -2.87. The second kappa shape index (κ2) is 8.47. The molecule has 0 aliphatic heterocycles. The lowest BCUT2D eigenvalue weighted by Crippen LogP contribution is -2.21. The van der Waals surface area contributed by atoms with E-state index in [1.54, 1.807) is 23.5 Å². The molecular formula is C22H20ClN3O3S. The minimum absolute atomic E-state index is 0.382. The molecule has 3 heterocycles. The molecule has 0 saturated carbocycles. The highest BCUT2D eigenvalue weighted by Crippen LogP contribution is 2.35. The molecular weight excluding hydrogens is 422 g/mol. The number of anilines is 1. The van der Waals surface area contributed by atoms with Gasteiger partial charge in [0.1, 0.15) is 4.83 Å². The molecule has 0 radical (unpaired) electrons. The Bertz CT molecular complexity index is 1200. The number of aliphatic hydroxyl groups excluding tert-OH is 1. The van der Waals surface area contributed by atoms with E-state index in [1.807, 2.05) is 42.6 Å². The van der Waals surface area contributed by atoms with Gasteiger partial charge < -0.3 is 19.7 Å². The summed E-state index contributed by atoms with van der Waals surface area (Å²) in [6, 6.07) is 12.8. The van der Waals surface area contributed by atoms with Crippen molar-refractivity contribution in [2.75, 3.05) is 12.4 Å². The van der Waals surface area contributed by atoms with Crippen LogP contribution in [0.15, 0.2) is 54.0 Å². The molecule has 0 aliphatic rings. The number of aromatic nitrogens is 2. The molecule has 30 heavy (non-hydrogen) atoms. The average molecular weight is 442 g/mol. The first-order valence-corrected chi connectivity index (χ1v) is 10.5. The number of nitrogens with zero attached hydrogens (tertiary/aromatic N) is 2. The van der Waals surface area contributed by atoms with Gasteiger partial charge in [-0.25, -0.2) is 4.98 Å². The smallest absolute Gasteiger partial charge is 0.257 e. The van der Waals surface area contributed by atoms with Gasteiger partial charge in [0, 0.05) is 46.2 Å². The normalized spacial score (nSPS) is 12.1. The summed E-state index contributed by atoms with van der Waals surface area (Å²) in [5.74, 6) is -0.129. The number of rotatable bonds is 6. The van der Waals surface area contributed by atoms with Gasteiger partial charge in [0.25, 0.3) is 5.91 Å². The summed E-state index contributed by atoms with van der Waals surface area (Å²) in [5, 5.41) is 17.2. The Morgan fingerprint density at radius 3 is 2.80 bits per heavy atom. The topological polar surface area (TPSA) is 76.4 Å². The van der Waals surface area contributed by atoms with Gasteiger partial charge >= 0.3 is 0 Å². The third-order valence-corrected chi connectivity index (χ3v) is 6.15. The molecule has 1 aromatic carbocycles. The third kappa shape index (κ3) is 3.92. The Balaban J connectivity index is 1.64. The number of hydrogen-bond donors (Lipinski definition) is 2. The second-order valence-electron chi connectivity index (χ2n) is 6.83. The summed E-state index contributed by atoms with van der Waals surface area (Å²) in [4.78, 5) is 17.8. The van der Waals surface area contributed by atoms with Crippen LogP contribution in [0.2, 0.25) is 5.02 Å². The number of carbonyl (C=O) groups is 1. The van der Waals surface area contributed by atoms with Gasteiger partial charge in [-0.1, -0.05) is 23.7 Å². The SMILES string of the molecule is COc1cc(NC(=O)C(O)c2c(C)n(Cc3ccc(Cl)cc3)c3sccc23)ccn1. The van der Waals surface area contributed by atoms with E-state index in [4.69, 9.17) is 16.3 Å². The quantitative estimate of drug-likeness (QED) is 0.451. The van der Waals surface area contributed by atoms with Gasteiger partial charge in [-0.2, -0.15) is 0 Å². The van der Waals surface area contributed by atoms with E-state index in [2.05, 4.69) is 14.9 Å². The van der Waals surface area contributed by atoms with E-state index in [1.165, 1.54) is 13.3 Å². The number of benzene rings is 1. The summed E-state index contributed by atoms with van der Waals surface area (Å²) in [6.07, 6.45) is 0.221. The molecule has 0 aliphatic carbocycles. The lowest BCUT2D eigenvalue weighted by Gasteiger charge is -2.14. The first-order valence-electron chi connectivity index (χ1n) is 9.27.